The summed E-state index contributed by atoms with van der Waals surface area (Å²) in [4.78, 5) is 27.2. The second kappa shape index (κ2) is 7.54. The standard InChI is InChI=1S/C22H25N3O3/c1-3-6-16-9-10-20(26)25-13-15-11-17(21(16)25)14-24(12-15)22(27)23-18-7-4-5-8-19(18)28-2/h3-10,15,17H,11-14H2,1-2H3,(H,23,27)/b6-3+/t15-,17+/m0/s1. The number of rotatable bonds is 3. The number of ether oxygens (including phenoxy) is 1. The van der Waals surface area contributed by atoms with E-state index in [1.165, 1.54) is 0 Å². The molecule has 2 aliphatic rings. The summed E-state index contributed by atoms with van der Waals surface area (Å²) in [5.74, 6) is 1.09. The van der Waals surface area contributed by atoms with Crippen molar-refractivity contribution < 1.29 is 9.53 Å². The number of piperidine rings is 1. The summed E-state index contributed by atoms with van der Waals surface area (Å²) >= 11 is 0. The van der Waals surface area contributed by atoms with E-state index in [9.17, 15) is 9.59 Å². The first-order valence-electron chi connectivity index (χ1n) is 9.66. The lowest BCUT2D eigenvalue weighted by atomic mass is 9.81. The quantitative estimate of drug-likeness (QED) is 0.887. The third-order valence-electron chi connectivity index (χ3n) is 5.60. The third-order valence-corrected chi connectivity index (χ3v) is 5.60. The van der Waals surface area contributed by atoms with Gasteiger partial charge in [-0.05, 0) is 43.0 Å². The first-order chi connectivity index (χ1) is 13.6. The fraction of sp³-hybridized carbons (Fsp3) is 0.364. The highest BCUT2D eigenvalue weighted by atomic mass is 16.5. The Labute approximate surface area is 164 Å². The number of carbonyl (C=O) groups excluding carboxylic acids is 1. The van der Waals surface area contributed by atoms with Crippen LogP contribution in [0.5, 0.6) is 5.75 Å². The smallest absolute Gasteiger partial charge is 0.321 e. The number of fused-ring (bicyclic) bond motifs is 4. The number of nitrogens with one attached hydrogen (secondary N) is 1. The molecular weight excluding hydrogens is 354 g/mol. The summed E-state index contributed by atoms with van der Waals surface area (Å²) in [5.41, 5.74) is 2.83. The van der Waals surface area contributed by atoms with Gasteiger partial charge in [-0.1, -0.05) is 24.3 Å². The highest BCUT2D eigenvalue weighted by Gasteiger charge is 2.37. The molecule has 1 N–H and O–H groups in total. The molecule has 146 valence electrons. The zero-order valence-corrected chi connectivity index (χ0v) is 16.2. The average Bonchev–Trinajstić information content (AvgIpc) is 2.70. The van der Waals surface area contributed by atoms with E-state index in [1.54, 1.807) is 13.2 Å². The summed E-state index contributed by atoms with van der Waals surface area (Å²) in [7, 11) is 1.59. The van der Waals surface area contributed by atoms with E-state index in [4.69, 9.17) is 4.74 Å². The fourth-order valence-electron chi connectivity index (χ4n) is 4.48. The summed E-state index contributed by atoms with van der Waals surface area (Å²) in [6, 6.07) is 10.8. The summed E-state index contributed by atoms with van der Waals surface area (Å²) in [5, 5.41) is 2.98. The zero-order chi connectivity index (χ0) is 19.7. The van der Waals surface area contributed by atoms with Crippen LogP contribution < -0.4 is 15.6 Å². The van der Waals surface area contributed by atoms with Crippen LogP contribution in [0, 0.1) is 5.92 Å². The van der Waals surface area contributed by atoms with Gasteiger partial charge < -0.3 is 19.5 Å². The Hall–Kier alpha value is -3.02. The number of carbonyl (C=O) groups is 1. The number of nitrogens with zero attached hydrogens (tertiary/aromatic N) is 2. The van der Waals surface area contributed by atoms with Gasteiger partial charge in [-0.2, -0.15) is 0 Å². The molecule has 0 radical (unpaired) electrons. The molecule has 2 atom stereocenters. The zero-order valence-electron chi connectivity index (χ0n) is 16.2. The first-order valence-corrected chi connectivity index (χ1v) is 9.66. The van der Waals surface area contributed by atoms with Gasteiger partial charge in [-0.15, -0.1) is 0 Å². The van der Waals surface area contributed by atoms with Crippen molar-refractivity contribution in [1.82, 2.24) is 9.47 Å². The summed E-state index contributed by atoms with van der Waals surface area (Å²) in [6.07, 6.45) is 5.04. The molecule has 6 heteroatoms. The van der Waals surface area contributed by atoms with Crippen LogP contribution in [0.25, 0.3) is 6.08 Å². The minimum absolute atomic E-state index is 0.0462. The normalized spacial score (nSPS) is 20.7. The van der Waals surface area contributed by atoms with Crippen molar-refractivity contribution in [2.45, 2.75) is 25.8 Å². The molecule has 2 aliphatic heterocycles. The first kappa shape index (κ1) is 18.3. The van der Waals surface area contributed by atoms with Crippen LogP contribution in [0.15, 0.2) is 47.3 Å². The molecule has 0 spiro atoms. The minimum atomic E-state index is -0.126. The van der Waals surface area contributed by atoms with Gasteiger partial charge in [-0.25, -0.2) is 4.79 Å². The predicted molar refractivity (Wildman–Crippen MR) is 110 cm³/mol. The average molecular weight is 379 g/mol. The van der Waals surface area contributed by atoms with E-state index in [0.717, 1.165) is 17.7 Å². The maximum Gasteiger partial charge on any atom is 0.321 e. The largest absolute Gasteiger partial charge is 0.495 e. The van der Waals surface area contributed by atoms with Crippen molar-refractivity contribution in [3.8, 4) is 5.75 Å². The van der Waals surface area contributed by atoms with E-state index in [-0.39, 0.29) is 23.4 Å². The van der Waals surface area contributed by atoms with Gasteiger partial charge >= 0.3 is 6.03 Å². The molecule has 2 bridgehead atoms. The van der Waals surface area contributed by atoms with Crippen molar-refractivity contribution in [1.29, 1.82) is 0 Å². The lowest BCUT2D eigenvalue weighted by Crippen LogP contribution is -2.50. The molecule has 6 nitrogen and oxygen atoms in total. The van der Waals surface area contributed by atoms with Crippen molar-refractivity contribution in [3.63, 3.8) is 0 Å². The third kappa shape index (κ3) is 3.30. The topological polar surface area (TPSA) is 63.6 Å². The minimum Gasteiger partial charge on any atom is -0.495 e. The molecule has 1 aromatic heterocycles. The molecule has 1 fully saturated rings. The van der Waals surface area contributed by atoms with E-state index < -0.39 is 0 Å². The van der Waals surface area contributed by atoms with Crippen LogP contribution in [0.4, 0.5) is 10.5 Å². The molecule has 2 amide bonds. The monoisotopic (exact) mass is 379 g/mol. The number of allylic oxidation sites excluding steroid dienone is 1. The predicted octanol–water partition coefficient (Wildman–Crippen LogP) is 3.54. The Kier molecular flexibility index (Phi) is 4.94. The van der Waals surface area contributed by atoms with Crippen molar-refractivity contribution >= 4 is 17.8 Å². The Balaban J connectivity index is 1.60. The highest BCUT2D eigenvalue weighted by molar-refractivity contribution is 5.91. The number of aromatic nitrogens is 1. The van der Waals surface area contributed by atoms with Crippen LogP contribution in [-0.4, -0.2) is 35.7 Å². The number of pyridine rings is 1. The number of anilines is 1. The number of para-hydroxylation sites is 2. The van der Waals surface area contributed by atoms with E-state index in [2.05, 4.69) is 5.32 Å². The molecular formula is C22H25N3O3. The Morgan fingerprint density at radius 2 is 2.00 bits per heavy atom. The highest BCUT2D eigenvalue weighted by Crippen LogP contribution is 2.37. The van der Waals surface area contributed by atoms with Gasteiger partial charge in [0.15, 0.2) is 0 Å². The number of hydrogen-bond donors (Lipinski definition) is 1. The van der Waals surface area contributed by atoms with Gasteiger partial charge in [0.05, 0.1) is 12.8 Å². The maximum atomic E-state index is 12.9. The second-order valence-electron chi connectivity index (χ2n) is 7.46. The number of benzene rings is 1. The van der Waals surface area contributed by atoms with Crippen molar-refractivity contribution in [2.75, 3.05) is 25.5 Å². The number of amides is 2. The molecule has 3 heterocycles. The van der Waals surface area contributed by atoms with Crippen molar-refractivity contribution in [2.24, 2.45) is 5.92 Å². The Morgan fingerprint density at radius 3 is 2.79 bits per heavy atom. The van der Waals surface area contributed by atoms with E-state index >= 15 is 0 Å². The lowest BCUT2D eigenvalue weighted by Gasteiger charge is -2.43. The maximum absolute atomic E-state index is 12.9. The Bertz CT molecular complexity index is 979. The number of urea groups is 1. The van der Waals surface area contributed by atoms with E-state index in [1.807, 2.05) is 58.9 Å². The van der Waals surface area contributed by atoms with Crippen LogP contribution in [0.3, 0.4) is 0 Å². The van der Waals surface area contributed by atoms with Gasteiger partial charge in [0.25, 0.3) is 5.56 Å². The molecule has 1 aromatic carbocycles. The SMILES string of the molecule is C/C=C/c1ccc(=O)n2c1[C@@H]1C[C@@H](CN(C(=O)Nc3ccccc3OC)C1)C2. The van der Waals surface area contributed by atoms with Crippen molar-refractivity contribution in [3.05, 3.63) is 64.1 Å². The van der Waals surface area contributed by atoms with Gasteiger partial charge in [-0.3, -0.25) is 4.79 Å². The van der Waals surface area contributed by atoms with Crippen LogP contribution in [0.2, 0.25) is 0 Å². The van der Waals surface area contributed by atoms with Gasteiger partial charge in [0, 0.05) is 37.3 Å². The van der Waals surface area contributed by atoms with Gasteiger partial charge in [0.2, 0.25) is 0 Å². The summed E-state index contributed by atoms with van der Waals surface area (Å²) in [6.45, 7) is 3.89. The van der Waals surface area contributed by atoms with Crippen LogP contribution >= 0.6 is 0 Å². The lowest BCUT2D eigenvalue weighted by molar-refractivity contribution is 0.139. The molecule has 2 aromatic rings. The van der Waals surface area contributed by atoms with Crippen LogP contribution in [-0.2, 0) is 6.54 Å². The Morgan fingerprint density at radius 1 is 1.18 bits per heavy atom. The van der Waals surface area contributed by atoms with Crippen LogP contribution in [0.1, 0.15) is 30.5 Å². The number of methoxy groups -OCH3 is 1. The number of likely N-dealkylation sites (tertiary alicyclic amines) is 1. The van der Waals surface area contributed by atoms with E-state index in [0.29, 0.717) is 31.1 Å². The number of hydrogen-bond acceptors (Lipinski definition) is 3. The molecule has 28 heavy (non-hydrogen) atoms. The summed E-state index contributed by atoms with van der Waals surface area (Å²) < 4.78 is 7.24. The molecule has 0 unspecified atom stereocenters. The fourth-order valence-corrected chi connectivity index (χ4v) is 4.48. The second-order valence-corrected chi connectivity index (χ2v) is 7.46. The molecule has 0 saturated carbocycles. The van der Waals surface area contributed by atoms with Gasteiger partial charge in [0.1, 0.15) is 5.75 Å². The molecule has 4 rings (SSSR count). The molecule has 1 saturated heterocycles. The molecule has 0 aliphatic carbocycles.